The molecule has 0 N–H and O–H groups in total. The Balaban J connectivity index is 2.39. The zero-order valence-corrected chi connectivity index (χ0v) is 8.80. The normalized spacial score (nSPS) is 12.5. The summed E-state index contributed by atoms with van der Waals surface area (Å²) in [6, 6.07) is 10.2. The fourth-order valence-electron chi connectivity index (χ4n) is 0.913. The van der Waals surface area contributed by atoms with Crippen molar-refractivity contribution in [1.82, 2.24) is 0 Å². The van der Waals surface area contributed by atoms with Crippen LogP contribution in [0.2, 0.25) is 0 Å². The number of carbonyl (C=O) groups excluding carboxylic acids is 1. The van der Waals surface area contributed by atoms with Gasteiger partial charge in [0.1, 0.15) is 5.78 Å². The lowest BCUT2D eigenvalue weighted by Gasteiger charge is -2.06. The zero-order valence-electron chi connectivity index (χ0n) is 7.99. The molecule has 0 fully saturated rings. The van der Waals surface area contributed by atoms with Gasteiger partial charge in [0, 0.05) is 5.75 Å². The van der Waals surface area contributed by atoms with Crippen molar-refractivity contribution in [2.24, 2.45) is 0 Å². The van der Waals surface area contributed by atoms with Gasteiger partial charge in [-0.25, -0.2) is 0 Å². The average molecular weight is 194 g/mol. The molecule has 0 heterocycles. The molecule has 0 aliphatic heterocycles. The standard InChI is InChI=1S/C11H14OS/c1-9(12)10(2)13-8-11-6-4-3-5-7-11/h3-7,10H,8H2,1-2H3. The molecule has 70 valence electrons. The van der Waals surface area contributed by atoms with Gasteiger partial charge in [-0.2, -0.15) is 0 Å². The summed E-state index contributed by atoms with van der Waals surface area (Å²) < 4.78 is 0. The smallest absolute Gasteiger partial charge is 0.142 e. The zero-order chi connectivity index (χ0) is 9.68. The minimum atomic E-state index is 0.111. The second-order valence-corrected chi connectivity index (χ2v) is 4.38. The van der Waals surface area contributed by atoms with Crippen LogP contribution >= 0.6 is 11.8 Å². The lowest BCUT2D eigenvalue weighted by Crippen LogP contribution is -2.08. The molecule has 0 radical (unpaired) electrons. The highest BCUT2D eigenvalue weighted by atomic mass is 32.2. The van der Waals surface area contributed by atoms with Crippen molar-refractivity contribution < 1.29 is 4.79 Å². The van der Waals surface area contributed by atoms with E-state index in [1.807, 2.05) is 25.1 Å². The van der Waals surface area contributed by atoms with E-state index in [1.54, 1.807) is 18.7 Å². The lowest BCUT2D eigenvalue weighted by molar-refractivity contribution is -0.116. The van der Waals surface area contributed by atoms with Gasteiger partial charge in [-0.3, -0.25) is 4.79 Å². The molecule has 0 saturated carbocycles. The van der Waals surface area contributed by atoms with Crippen LogP contribution in [-0.4, -0.2) is 11.0 Å². The quantitative estimate of drug-likeness (QED) is 0.733. The first-order valence-electron chi connectivity index (χ1n) is 4.36. The van der Waals surface area contributed by atoms with Crippen molar-refractivity contribution in [3.8, 4) is 0 Å². The van der Waals surface area contributed by atoms with E-state index >= 15 is 0 Å². The SMILES string of the molecule is CC(=O)C(C)SCc1ccccc1. The molecule has 1 atom stereocenters. The van der Waals surface area contributed by atoms with E-state index in [4.69, 9.17) is 0 Å². The molecule has 1 aromatic rings. The monoisotopic (exact) mass is 194 g/mol. The molecule has 0 spiro atoms. The van der Waals surface area contributed by atoms with Crippen molar-refractivity contribution in [2.45, 2.75) is 24.9 Å². The van der Waals surface area contributed by atoms with Gasteiger partial charge < -0.3 is 0 Å². The molecule has 1 unspecified atom stereocenters. The highest BCUT2D eigenvalue weighted by Crippen LogP contribution is 2.17. The Bertz CT molecular complexity index is 269. The summed E-state index contributed by atoms with van der Waals surface area (Å²) in [4.78, 5) is 10.9. The fraction of sp³-hybridized carbons (Fsp3) is 0.364. The average Bonchev–Trinajstić information content (AvgIpc) is 2.15. The van der Waals surface area contributed by atoms with E-state index in [-0.39, 0.29) is 11.0 Å². The third kappa shape index (κ3) is 3.64. The molecule has 1 rings (SSSR count). The van der Waals surface area contributed by atoms with E-state index in [2.05, 4.69) is 12.1 Å². The molecular formula is C11H14OS. The second-order valence-electron chi connectivity index (χ2n) is 3.05. The van der Waals surface area contributed by atoms with Crippen LogP contribution in [0.3, 0.4) is 0 Å². The summed E-state index contributed by atoms with van der Waals surface area (Å²) in [5.74, 6) is 1.17. The first-order chi connectivity index (χ1) is 6.20. The predicted octanol–water partition coefficient (Wildman–Crippen LogP) is 2.90. The largest absolute Gasteiger partial charge is 0.299 e. The van der Waals surface area contributed by atoms with Crippen molar-refractivity contribution in [3.63, 3.8) is 0 Å². The van der Waals surface area contributed by atoms with Gasteiger partial charge >= 0.3 is 0 Å². The minimum Gasteiger partial charge on any atom is -0.299 e. The summed E-state index contributed by atoms with van der Waals surface area (Å²) >= 11 is 1.69. The molecule has 1 nitrogen and oxygen atoms in total. The van der Waals surface area contributed by atoms with Crippen molar-refractivity contribution in [3.05, 3.63) is 35.9 Å². The summed E-state index contributed by atoms with van der Waals surface area (Å²) in [7, 11) is 0. The van der Waals surface area contributed by atoms with Gasteiger partial charge in [0.2, 0.25) is 0 Å². The van der Waals surface area contributed by atoms with Crippen LogP contribution in [0.4, 0.5) is 0 Å². The maximum absolute atomic E-state index is 10.9. The van der Waals surface area contributed by atoms with Crippen LogP contribution in [0, 0.1) is 0 Å². The minimum absolute atomic E-state index is 0.111. The Morgan fingerprint density at radius 2 is 2.00 bits per heavy atom. The number of hydrogen-bond donors (Lipinski definition) is 0. The van der Waals surface area contributed by atoms with Gasteiger partial charge in [0.05, 0.1) is 5.25 Å². The second kappa shape index (κ2) is 5.07. The van der Waals surface area contributed by atoms with Crippen molar-refractivity contribution >= 4 is 17.5 Å². The van der Waals surface area contributed by atoms with Gasteiger partial charge in [-0.1, -0.05) is 30.3 Å². The van der Waals surface area contributed by atoms with Gasteiger partial charge in [-0.15, -0.1) is 11.8 Å². The van der Waals surface area contributed by atoms with Gasteiger partial charge in [-0.05, 0) is 19.4 Å². The third-order valence-corrected chi connectivity index (χ3v) is 3.25. The number of hydrogen-bond acceptors (Lipinski definition) is 2. The van der Waals surface area contributed by atoms with Crippen LogP contribution in [0.15, 0.2) is 30.3 Å². The number of ketones is 1. The molecule has 13 heavy (non-hydrogen) atoms. The Morgan fingerprint density at radius 1 is 1.38 bits per heavy atom. The molecule has 0 bridgehead atoms. The van der Waals surface area contributed by atoms with Gasteiger partial charge in [0.15, 0.2) is 0 Å². The van der Waals surface area contributed by atoms with E-state index < -0.39 is 0 Å². The fourth-order valence-corrected chi connectivity index (χ4v) is 1.78. The number of carbonyl (C=O) groups is 1. The van der Waals surface area contributed by atoms with Crippen LogP contribution in [-0.2, 0) is 10.5 Å². The maximum atomic E-state index is 10.9. The van der Waals surface area contributed by atoms with Gasteiger partial charge in [0.25, 0.3) is 0 Å². The summed E-state index contributed by atoms with van der Waals surface area (Å²) in [6.07, 6.45) is 0. The highest BCUT2D eigenvalue weighted by molar-refractivity contribution is 7.99. The van der Waals surface area contributed by atoms with Crippen LogP contribution in [0.5, 0.6) is 0 Å². The molecule has 1 aromatic carbocycles. The summed E-state index contributed by atoms with van der Waals surface area (Å²) in [6.45, 7) is 3.60. The van der Waals surface area contributed by atoms with Crippen LogP contribution < -0.4 is 0 Å². The molecule has 2 heteroatoms. The maximum Gasteiger partial charge on any atom is 0.142 e. The highest BCUT2D eigenvalue weighted by Gasteiger charge is 2.07. The topological polar surface area (TPSA) is 17.1 Å². The molecular weight excluding hydrogens is 180 g/mol. The van der Waals surface area contributed by atoms with Crippen LogP contribution in [0.1, 0.15) is 19.4 Å². The number of Topliss-reactive ketones (excluding diaryl/α,β-unsaturated/α-hetero) is 1. The molecule has 0 aliphatic carbocycles. The van der Waals surface area contributed by atoms with E-state index in [0.29, 0.717) is 0 Å². The number of rotatable bonds is 4. The van der Waals surface area contributed by atoms with E-state index in [9.17, 15) is 4.79 Å². The Hall–Kier alpha value is -0.760. The summed E-state index contributed by atoms with van der Waals surface area (Å²) in [5.41, 5.74) is 1.28. The third-order valence-electron chi connectivity index (χ3n) is 1.92. The number of benzene rings is 1. The van der Waals surface area contributed by atoms with Crippen molar-refractivity contribution in [2.75, 3.05) is 0 Å². The molecule has 0 amide bonds. The molecule has 0 aromatic heterocycles. The number of thioether (sulfide) groups is 1. The van der Waals surface area contributed by atoms with E-state index in [1.165, 1.54) is 5.56 Å². The molecule has 0 saturated heterocycles. The molecule has 0 aliphatic rings. The lowest BCUT2D eigenvalue weighted by atomic mass is 10.2. The Labute approximate surface area is 83.5 Å². The first-order valence-corrected chi connectivity index (χ1v) is 5.41. The van der Waals surface area contributed by atoms with Crippen LogP contribution in [0.25, 0.3) is 0 Å². The van der Waals surface area contributed by atoms with Crippen molar-refractivity contribution in [1.29, 1.82) is 0 Å². The van der Waals surface area contributed by atoms with E-state index in [0.717, 1.165) is 5.75 Å². The Morgan fingerprint density at radius 3 is 2.54 bits per heavy atom. The Kier molecular flexibility index (Phi) is 4.03. The summed E-state index contributed by atoms with van der Waals surface area (Å²) in [5, 5.41) is 0.111. The first kappa shape index (κ1) is 10.3. The predicted molar refractivity (Wildman–Crippen MR) is 57.9 cm³/mol.